The lowest BCUT2D eigenvalue weighted by Gasteiger charge is -2.30. The van der Waals surface area contributed by atoms with Crippen LogP contribution in [0.3, 0.4) is 0 Å². The number of methoxy groups -OCH3 is 1. The van der Waals surface area contributed by atoms with Crippen LogP contribution in [0.5, 0.6) is 5.75 Å². The Bertz CT molecular complexity index is 868. The third kappa shape index (κ3) is 5.37. The molecule has 1 heterocycles. The maximum Gasteiger partial charge on any atom is 0.344 e. The Morgan fingerprint density at radius 1 is 1.16 bits per heavy atom. The fraction of sp³-hybridized carbons (Fsp3) is 0.545. The van der Waals surface area contributed by atoms with Gasteiger partial charge in [0.25, 0.3) is 5.91 Å². The number of amides is 5. The van der Waals surface area contributed by atoms with Crippen molar-refractivity contribution in [3.8, 4) is 5.75 Å². The average molecular weight is 446 g/mol. The molecule has 10 heteroatoms. The molecule has 2 fully saturated rings. The van der Waals surface area contributed by atoms with E-state index in [0.29, 0.717) is 37.4 Å². The van der Waals surface area contributed by atoms with E-state index in [0.717, 1.165) is 24.3 Å². The van der Waals surface area contributed by atoms with Gasteiger partial charge in [-0.25, -0.2) is 4.79 Å². The molecule has 0 unspecified atom stereocenters. The molecular weight excluding hydrogens is 414 g/mol. The van der Waals surface area contributed by atoms with Gasteiger partial charge in [0.05, 0.1) is 19.3 Å². The molecule has 0 aromatic heterocycles. The highest BCUT2D eigenvalue weighted by atomic mass is 16.5. The number of carbonyl (C=O) groups is 4. The number of carbonyl (C=O) groups excluding carboxylic acids is 4. The number of hydrogen-bond donors (Lipinski definition) is 3. The van der Waals surface area contributed by atoms with Crippen LogP contribution in [0.2, 0.25) is 0 Å². The smallest absolute Gasteiger partial charge is 0.344 e. The zero-order valence-electron chi connectivity index (χ0n) is 18.6. The molecule has 10 nitrogen and oxygen atoms in total. The summed E-state index contributed by atoms with van der Waals surface area (Å²) in [6, 6.07) is 6.52. The second-order valence-electron chi connectivity index (χ2n) is 8.12. The number of para-hydroxylation sites is 2. The number of ether oxygens (including phenoxy) is 1. The number of likely N-dealkylation sites (N-methyl/N-ethyl adjacent to an activating group) is 1. The molecule has 1 aliphatic heterocycles. The highest BCUT2D eigenvalue weighted by Gasteiger charge is 2.52. The topological polar surface area (TPSA) is 120 Å². The maximum absolute atomic E-state index is 12.7. The van der Waals surface area contributed by atoms with E-state index in [1.54, 1.807) is 23.1 Å². The van der Waals surface area contributed by atoms with E-state index in [4.69, 9.17) is 4.74 Å². The largest absolute Gasteiger partial charge is 0.495 e. The van der Waals surface area contributed by atoms with E-state index in [1.807, 2.05) is 13.0 Å². The summed E-state index contributed by atoms with van der Waals surface area (Å²) in [6.45, 7) is 2.84. The Morgan fingerprint density at radius 2 is 1.88 bits per heavy atom. The molecule has 1 saturated heterocycles. The molecule has 3 N–H and O–H groups in total. The molecule has 1 aliphatic carbocycles. The van der Waals surface area contributed by atoms with E-state index in [1.165, 1.54) is 7.11 Å². The Labute approximate surface area is 187 Å². The number of benzene rings is 1. The summed E-state index contributed by atoms with van der Waals surface area (Å²) in [6.07, 6.45) is 4.00. The van der Waals surface area contributed by atoms with E-state index < -0.39 is 17.5 Å². The van der Waals surface area contributed by atoms with Crippen molar-refractivity contribution < 1.29 is 23.9 Å². The molecule has 0 atom stereocenters. The zero-order valence-corrected chi connectivity index (χ0v) is 18.6. The molecule has 0 radical (unpaired) electrons. The molecule has 5 amide bonds. The molecule has 1 saturated carbocycles. The summed E-state index contributed by atoms with van der Waals surface area (Å²) < 4.78 is 5.23. The number of hydrazine groups is 1. The Morgan fingerprint density at radius 3 is 2.56 bits per heavy atom. The summed E-state index contributed by atoms with van der Waals surface area (Å²) >= 11 is 0. The molecule has 1 spiro atoms. The monoisotopic (exact) mass is 445 g/mol. The second-order valence-corrected chi connectivity index (χ2v) is 8.12. The third-order valence-corrected chi connectivity index (χ3v) is 5.96. The van der Waals surface area contributed by atoms with Gasteiger partial charge in [0.2, 0.25) is 11.8 Å². The third-order valence-electron chi connectivity index (χ3n) is 5.96. The van der Waals surface area contributed by atoms with Gasteiger partial charge >= 0.3 is 6.03 Å². The fourth-order valence-corrected chi connectivity index (χ4v) is 4.15. The lowest BCUT2D eigenvalue weighted by molar-refractivity contribution is -0.140. The summed E-state index contributed by atoms with van der Waals surface area (Å²) in [7, 11) is 1.53. The van der Waals surface area contributed by atoms with Crippen LogP contribution in [0, 0.1) is 0 Å². The van der Waals surface area contributed by atoms with E-state index in [-0.39, 0.29) is 24.8 Å². The van der Waals surface area contributed by atoms with Crippen LogP contribution in [0.1, 0.15) is 45.4 Å². The van der Waals surface area contributed by atoms with Crippen LogP contribution in [-0.2, 0) is 14.4 Å². The van der Waals surface area contributed by atoms with Crippen molar-refractivity contribution in [1.82, 2.24) is 20.7 Å². The van der Waals surface area contributed by atoms with E-state index in [9.17, 15) is 19.2 Å². The van der Waals surface area contributed by atoms with Crippen molar-refractivity contribution in [1.29, 1.82) is 0 Å². The van der Waals surface area contributed by atoms with Gasteiger partial charge in [-0.1, -0.05) is 38.3 Å². The predicted octanol–water partition coefficient (Wildman–Crippen LogP) is 1.63. The van der Waals surface area contributed by atoms with Crippen molar-refractivity contribution in [2.45, 2.75) is 51.0 Å². The van der Waals surface area contributed by atoms with Crippen molar-refractivity contribution in [2.75, 3.05) is 32.1 Å². The van der Waals surface area contributed by atoms with Crippen molar-refractivity contribution in [3.63, 3.8) is 0 Å². The maximum atomic E-state index is 12.7. The fourth-order valence-electron chi connectivity index (χ4n) is 4.15. The molecule has 1 aromatic carbocycles. The van der Waals surface area contributed by atoms with E-state index in [2.05, 4.69) is 16.1 Å². The minimum Gasteiger partial charge on any atom is -0.495 e. The molecule has 1 aromatic rings. The Hall–Kier alpha value is -3.14. The van der Waals surface area contributed by atoms with Crippen molar-refractivity contribution in [2.24, 2.45) is 0 Å². The van der Waals surface area contributed by atoms with Gasteiger partial charge < -0.3 is 15.4 Å². The normalized spacial score (nSPS) is 17.4. The van der Waals surface area contributed by atoms with Crippen LogP contribution >= 0.6 is 0 Å². The summed E-state index contributed by atoms with van der Waals surface area (Å²) in [4.78, 5) is 51.6. The number of imide groups is 1. The number of rotatable bonds is 9. The van der Waals surface area contributed by atoms with Gasteiger partial charge in [-0.2, -0.15) is 5.01 Å². The highest BCUT2D eigenvalue weighted by molar-refractivity contribution is 6.08. The lowest BCUT2D eigenvalue weighted by Crippen LogP contribution is -2.51. The minimum absolute atomic E-state index is 0.0415. The molecule has 3 rings (SSSR count). The number of anilines is 1. The van der Waals surface area contributed by atoms with Gasteiger partial charge in [0.1, 0.15) is 11.3 Å². The molecule has 32 heavy (non-hydrogen) atoms. The minimum atomic E-state index is -0.880. The van der Waals surface area contributed by atoms with Crippen molar-refractivity contribution in [3.05, 3.63) is 24.3 Å². The predicted molar refractivity (Wildman–Crippen MR) is 118 cm³/mol. The average Bonchev–Trinajstić information content (AvgIpc) is 3.01. The van der Waals surface area contributed by atoms with Crippen molar-refractivity contribution >= 4 is 29.4 Å². The lowest BCUT2D eigenvalue weighted by atomic mass is 9.82. The standard InChI is InChI=1S/C22H31N5O5/c1-3-26(15-19(29)23-16-9-5-6-10-17(16)32-2)14-11-18(28)25-27-20(30)22(24-21(27)31)12-7-4-8-13-22/h5-6,9-10H,3-4,7-8,11-15H2,1-2H3,(H,23,29)(H,24,31)(H,25,28). The number of nitrogens with one attached hydrogen (secondary N) is 3. The van der Waals surface area contributed by atoms with Crippen LogP contribution < -0.4 is 20.8 Å². The van der Waals surface area contributed by atoms with Gasteiger partial charge in [0.15, 0.2) is 0 Å². The first-order valence-electron chi connectivity index (χ1n) is 11.0. The first-order chi connectivity index (χ1) is 15.4. The number of urea groups is 1. The zero-order chi connectivity index (χ0) is 23.1. The summed E-state index contributed by atoms with van der Waals surface area (Å²) in [5, 5.41) is 6.37. The van der Waals surface area contributed by atoms with Crippen LogP contribution in [0.15, 0.2) is 24.3 Å². The number of nitrogens with zero attached hydrogens (tertiary/aromatic N) is 2. The van der Waals surface area contributed by atoms with Gasteiger partial charge in [-0.05, 0) is 31.5 Å². The Balaban J connectivity index is 1.48. The van der Waals surface area contributed by atoms with Crippen LogP contribution in [-0.4, -0.2) is 65.9 Å². The highest BCUT2D eigenvalue weighted by Crippen LogP contribution is 2.33. The van der Waals surface area contributed by atoms with Gasteiger partial charge in [0, 0.05) is 13.0 Å². The summed E-state index contributed by atoms with van der Waals surface area (Å²) in [5.41, 5.74) is 2.12. The molecular formula is C22H31N5O5. The van der Waals surface area contributed by atoms with Gasteiger partial charge in [-0.15, -0.1) is 0 Å². The van der Waals surface area contributed by atoms with Crippen LogP contribution in [0.4, 0.5) is 10.5 Å². The first kappa shape index (κ1) is 23.5. The van der Waals surface area contributed by atoms with E-state index >= 15 is 0 Å². The molecule has 0 bridgehead atoms. The summed E-state index contributed by atoms with van der Waals surface area (Å²) in [5.74, 6) is -0.512. The SMILES string of the molecule is CCN(CCC(=O)NN1C(=O)NC2(CCCCC2)C1=O)CC(=O)Nc1ccccc1OC. The molecule has 2 aliphatic rings. The first-order valence-corrected chi connectivity index (χ1v) is 11.0. The molecule has 174 valence electrons. The Kier molecular flexibility index (Phi) is 7.68. The second kappa shape index (κ2) is 10.4. The quantitative estimate of drug-likeness (QED) is 0.497. The van der Waals surface area contributed by atoms with Gasteiger partial charge in [-0.3, -0.25) is 24.7 Å². The van der Waals surface area contributed by atoms with Crippen LogP contribution in [0.25, 0.3) is 0 Å². The number of hydrogen-bond acceptors (Lipinski definition) is 6.